The van der Waals surface area contributed by atoms with E-state index in [1.807, 2.05) is 0 Å². The van der Waals surface area contributed by atoms with E-state index >= 15 is 0 Å². The molecule has 1 saturated heterocycles. The molecule has 1 aliphatic rings. The van der Waals surface area contributed by atoms with Crippen LogP contribution >= 0.6 is 0 Å². The Balaban J connectivity index is 1.99. The summed E-state index contributed by atoms with van der Waals surface area (Å²) in [5.41, 5.74) is 1.24. The first kappa shape index (κ1) is 18.1. The molecule has 2 aromatic rings. The number of amides is 1. The number of rotatable bonds is 6. The molecule has 0 aliphatic carbocycles. The highest BCUT2D eigenvalue weighted by Crippen LogP contribution is 2.37. The van der Waals surface area contributed by atoms with Crippen LogP contribution in [0.15, 0.2) is 12.1 Å². The number of hydrogen-bond acceptors (Lipinski definition) is 5. The van der Waals surface area contributed by atoms with Crippen molar-refractivity contribution < 1.29 is 28.7 Å². The zero-order valence-corrected chi connectivity index (χ0v) is 15.2. The maximum absolute atomic E-state index is 12.5. The molecular formula is C18H24N3O5+. The molecule has 8 nitrogen and oxygen atoms in total. The summed E-state index contributed by atoms with van der Waals surface area (Å²) in [7, 11) is 4.37. The smallest absolute Gasteiger partial charge is 0.356 e. The summed E-state index contributed by atoms with van der Waals surface area (Å²) in [4.78, 5) is 28.9. The normalized spacial score (nSPS) is 14.4. The van der Waals surface area contributed by atoms with Crippen molar-refractivity contribution >= 4 is 28.5 Å². The molecule has 1 aromatic carbocycles. The van der Waals surface area contributed by atoms with Gasteiger partial charge in [-0.25, -0.2) is 4.79 Å². The third kappa shape index (κ3) is 3.45. The quantitative estimate of drug-likeness (QED) is 0.654. The summed E-state index contributed by atoms with van der Waals surface area (Å²) in [6.45, 7) is 2.37. The molecule has 0 atom stereocenters. The Bertz CT molecular complexity index is 824. The Morgan fingerprint density at radius 3 is 2.38 bits per heavy atom. The molecular weight excluding hydrogens is 338 g/mol. The van der Waals surface area contributed by atoms with E-state index in [1.165, 1.54) is 26.2 Å². The molecule has 8 heteroatoms. The molecule has 0 radical (unpaired) electrons. The zero-order chi connectivity index (χ0) is 18.7. The van der Waals surface area contributed by atoms with Crippen LogP contribution in [0.5, 0.6) is 11.5 Å². The van der Waals surface area contributed by atoms with Crippen LogP contribution in [0.25, 0.3) is 10.9 Å². The van der Waals surface area contributed by atoms with E-state index in [-0.39, 0.29) is 11.6 Å². The number of quaternary nitrogens is 1. The Morgan fingerprint density at radius 2 is 1.77 bits per heavy atom. The lowest BCUT2D eigenvalue weighted by molar-refractivity contribution is -0.878. The van der Waals surface area contributed by atoms with Gasteiger partial charge in [0.1, 0.15) is 5.69 Å². The van der Waals surface area contributed by atoms with Gasteiger partial charge in [0.15, 0.2) is 18.0 Å². The van der Waals surface area contributed by atoms with Crippen molar-refractivity contribution in [2.75, 3.05) is 46.3 Å². The van der Waals surface area contributed by atoms with Crippen molar-refractivity contribution in [1.29, 1.82) is 0 Å². The second kappa shape index (κ2) is 7.65. The minimum atomic E-state index is -0.553. The lowest BCUT2D eigenvalue weighted by Gasteiger charge is -2.12. The van der Waals surface area contributed by atoms with Crippen molar-refractivity contribution in [3.05, 3.63) is 17.8 Å². The molecule has 0 spiro atoms. The topological polar surface area (TPSA) is 94.1 Å². The summed E-state index contributed by atoms with van der Waals surface area (Å²) in [6, 6.07) is 3.46. The molecule has 0 unspecified atom stereocenters. The van der Waals surface area contributed by atoms with Gasteiger partial charge in [-0.3, -0.25) is 4.79 Å². The minimum Gasteiger partial charge on any atom is -0.493 e. The van der Waals surface area contributed by atoms with Gasteiger partial charge in [-0.2, -0.15) is 0 Å². The highest BCUT2D eigenvalue weighted by molar-refractivity contribution is 6.11. The maximum Gasteiger partial charge on any atom is 0.356 e. The van der Waals surface area contributed by atoms with Crippen LogP contribution in [0.3, 0.4) is 0 Å². The Labute approximate surface area is 151 Å². The monoisotopic (exact) mass is 362 g/mol. The number of methoxy groups -OCH3 is 3. The van der Waals surface area contributed by atoms with Crippen LogP contribution in [0.4, 0.5) is 5.69 Å². The van der Waals surface area contributed by atoms with E-state index in [0.29, 0.717) is 34.6 Å². The predicted octanol–water partition coefficient (Wildman–Crippen LogP) is 0.589. The molecule has 26 heavy (non-hydrogen) atoms. The molecule has 1 aromatic heterocycles. The SMILES string of the molecule is COC(=O)c1[nH]c2cc(OC)c(OC)cc2c1NC(=O)C[NH+]1CCCC1. The van der Waals surface area contributed by atoms with Gasteiger partial charge in [-0.1, -0.05) is 0 Å². The fraction of sp³-hybridized carbons (Fsp3) is 0.444. The van der Waals surface area contributed by atoms with Gasteiger partial charge >= 0.3 is 5.97 Å². The van der Waals surface area contributed by atoms with Crippen LogP contribution in [0, 0.1) is 0 Å². The third-order valence-corrected chi connectivity index (χ3v) is 4.68. The number of esters is 1. The first-order valence-electron chi connectivity index (χ1n) is 8.56. The third-order valence-electron chi connectivity index (χ3n) is 4.68. The number of aromatic nitrogens is 1. The number of anilines is 1. The molecule has 1 amide bonds. The first-order chi connectivity index (χ1) is 12.6. The molecule has 1 aliphatic heterocycles. The van der Waals surface area contributed by atoms with E-state index < -0.39 is 5.97 Å². The van der Waals surface area contributed by atoms with Gasteiger partial charge in [-0.15, -0.1) is 0 Å². The summed E-state index contributed by atoms with van der Waals surface area (Å²) >= 11 is 0. The number of fused-ring (bicyclic) bond motifs is 1. The summed E-state index contributed by atoms with van der Waals surface area (Å²) in [5, 5.41) is 3.54. The van der Waals surface area contributed by atoms with E-state index in [2.05, 4.69) is 10.3 Å². The Morgan fingerprint density at radius 1 is 1.12 bits per heavy atom. The number of nitrogens with one attached hydrogen (secondary N) is 3. The molecule has 1 fully saturated rings. The predicted molar refractivity (Wildman–Crippen MR) is 96.2 cm³/mol. The number of likely N-dealkylation sites (tertiary alicyclic amines) is 1. The number of hydrogen-bond donors (Lipinski definition) is 3. The number of benzene rings is 1. The lowest BCUT2D eigenvalue weighted by Crippen LogP contribution is -3.11. The zero-order valence-electron chi connectivity index (χ0n) is 15.2. The highest BCUT2D eigenvalue weighted by atomic mass is 16.5. The molecule has 0 saturated carbocycles. The van der Waals surface area contributed by atoms with Crippen molar-refractivity contribution in [3.63, 3.8) is 0 Å². The van der Waals surface area contributed by atoms with E-state index in [4.69, 9.17) is 14.2 Å². The minimum absolute atomic E-state index is 0.136. The van der Waals surface area contributed by atoms with Crippen LogP contribution in [0.1, 0.15) is 23.3 Å². The average Bonchev–Trinajstić information content (AvgIpc) is 3.27. The van der Waals surface area contributed by atoms with Crippen molar-refractivity contribution in [2.24, 2.45) is 0 Å². The van der Waals surface area contributed by atoms with E-state index in [0.717, 1.165) is 25.9 Å². The summed E-state index contributed by atoms with van der Waals surface area (Å²) in [5.74, 6) is 0.346. The second-order valence-corrected chi connectivity index (χ2v) is 6.30. The summed E-state index contributed by atoms with van der Waals surface area (Å²) in [6.07, 6.45) is 2.28. The van der Waals surface area contributed by atoms with Crippen LogP contribution in [-0.2, 0) is 9.53 Å². The number of carbonyl (C=O) groups excluding carboxylic acids is 2. The molecule has 2 heterocycles. The van der Waals surface area contributed by atoms with Gasteiger partial charge in [0.2, 0.25) is 0 Å². The molecule has 3 N–H and O–H groups in total. The van der Waals surface area contributed by atoms with Crippen LogP contribution in [-0.4, -0.2) is 57.8 Å². The molecule has 3 rings (SSSR count). The van der Waals surface area contributed by atoms with E-state index in [1.54, 1.807) is 12.1 Å². The van der Waals surface area contributed by atoms with Gasteiger partial charge in [-0.05, 0) is 6.07 Å². The van der Waals surface area contributed by atoms with Crippen molar-refractivity contribution in [2.45, 2.75) is 12.8 Å². The molecule has 140 valence electrons. The largest absolute Gasteiger partial charge is 0.493 e. The number of carbonyl (C=O) groups is 2. The maximum atomic E-state index is 12.5. The van der Waals surface area contributed by atoms with E-state index in [9.17, 15) is 9.59 Å². The molecule has 0 bridgehead atoms. The van der Waals surface area contributed by atoms with Crippen molar-refractivity contribution in [1.82, 2.24) is 4.98 Å². The van der Waals surface area contributed by atoms with Gasteiger partial charge in [0.25, 0.3) is 5.91 Å². The fourth-order valence-electron chi connectivity index (χ4n) is 3.37. The number of ether oxygens (including phenoxy) is 3. The Kier molecular flexibility index (Phi) is 5.32. The number of aromatic amines is 1. The van der Waals surface area contributed by atoms with Crippen LogP contribution in [0.2, 0.25) is 0 Å². The van der Waals surface area contributed by atoms with Gasteiger partial charge in [0.05, 0.1) is 45.6 Å². The fourth-order valence-corrected chi connectivity index (χ4v) is 3.37. The highest BCUT2D eigenvalue weighted by Gasteiger charge is 2.24. The Hall–Kier alpha value is -2.74. The number of H-pyrrole nitrogens is 1. The van der Waals surface area contributed by atoms with Crippen LogP contribution < -0.4 is 19.7 Å². The first-order valence-corrected chi connectivity index (χ1v) is 8.56. The van der Waals surface area contributed by atoms with Gasteiger partial charge < -0.3 is 29.4 Å². The lowest BCUT2D eigenvalue weighted by atomic mass is 10.2. The van der Waals surface area contributed by atoms with Crippen molar-refractivity contribution in [3.8, 4) is 11.5 Å². The second-order valence-electron chi connectivity index (χ2n) is 6.30. The summed E-state index contributed by atoms with van der Waals surface area (Å²) < 4.78 is 15.5. The average molecular weight is 362 g/mol. The van der Waals surface area contributed by atoms with Gasteiger partial charge in [0, 0.05) is 24.3 Å². The standard InChI is InChI=1S/C18H23N3O5/c1-24-13-8-11-12(9-14(13)25-2)19-17(18(23)26-3)16(11)20-15(22)10-21-6-4-5-7-21/h8-9,19H,4-7,10H2,1-3H3,(H,20,22)/p+1.